The van der Waals surface area contributed by atoms with Gasteiger partial charge in [0.2, 0.25) is 10.0 Å². The predicted octanol–water partition coefficient (Wildman–Crippen LogP) is 3.02. The number of likely N-dealkylation sites (N-methyl/N-ethyl adjacent to an activating group) is 1. The molecular weight excluding hydrogens is 389 g/mol. The van der Waals surface area contributed by atoms with E-state index >= 15 is 0 Å². The van der Waals surface area contributed by atoms with Gasteiger partial charge in [0, 0.05) is 38.8 Å². The molecule has 0 aromatic heterocycles. The summed E-state index contributed by atoms with van der Waals surface area (Å²) >= 11 is 0. The Hall–Kier alpha value is -1.80. The topological polar surface area (TPSA) is 52.7 Å². The molecule has 0 saturated carbocycles. The standard InChI is InChI=1S/C22H30FN3O2S/c1-16-13-17(2)22(18(3)14-16)29(27,28)24-15-21(19-5-7-20(23)8-6-19)26-11-9-25(4)10-12-26/h5-8,13-14,21,24H,9-12,15H2,1-4H3. The quantitative estimate of drug-likeness (QED) is 0.782. The van der Waals surface area contributed by atoms with E-state index in [1.54, 1.807) is 12.1 Å². The summed E-state index contributed by atoms with van der Waals surface area (Å²) in [5, 5.41) is 0. The lowest BCUT2D eigenvalue weighted by atomic mass is 10.0. The Kier molecular flexibility index (Phi) is 6.73. The second-order valence-corrected chi connectivity index (χ2v) is 9.69. The van der Waals surface area contributed by atoms with Gasteiger partial charge < -0.3 is 4.90 Å². The van der Waals surface area contributed by atoms with E-state index in [-0.39, 0.29) is 18.4 Å². The average Bonchev–Trinajstić information content (AvgIpc) is 2.63. The number of benzene rings is 2. The molecular formula is C22H30FN3O2S. The lowest BCUT2D eigenvalue weighted by Gasteiger charge is -2.38. The summed E-state index contributed by atoms with van der Waals surface area (Å²) < 4.78 is 42.5. The third kappa shape index (κ3) is 5.22. The van der Waals surface area contributed by atoms with Gasteiger partial charge in [-0.3, -0.25) is 4.90 Å². The molecule has 1 fully saturated rings. The van der Waals surface area contributed by atoms with Crippen LogP contribution in [0.4, 0.5) is 4.39 Å². The van der Waals surface area contributed by atoms with E-state index in [1.165, 1.54) is 12.1 Å². The molecule has 1 N–H and O–H groups in total. The predicted molar refractivity (Wildman–Crippen MR) is 114 cm³/mol. The van der Waals surface area contributed by atoms with Crippen LogP contribution in [0, 0.1) is 26.6 Å². The van der Waals surface area contributed by atoms with Gasteiger partial charge in [-0.25, -0.2) is 17.5 Å². The number of rotatable bonds is 6. The first-order valence-corrected chi connectivity index (χ1v) is 11.4. The Morgan fingerprint density at radius 1 is 1.00 bits per heavy atom. The highest BCUT2D eigenvalue weighted by atomic mass is 32.2. The fourth-order valence-corrected chi connectivity index (χ4v) is 5.61. The Labute approximate surface area is 173 Å². The third-order valence-electron chi connectivity index (χ3n) is 5.57. The molecule has 0 amide bonds. The maximum atomic E-state index is 13.4. The molecule has 0 bridgehead atoms. The van der Waals surface area contributed by atoms with E-state index in [9.17, 15) is 12.8 Å². The molecule has 2 aromatic rings. The first kappa shape index (κ1) is 21.9. The largest absolute Gasteiger partial charge is 0.304 e. The van der Waals surface area contributed by atoms with Crippen LogP contribution in [0.1, 0.15) is 28.3 Å². The Morgan fingerprint density at radius 2 is 1.55 bits per heavy atom. The number of sulfonamides is 1. The molecule has 5 nitrogen and oxygen atoms in total. The molecule has 1 heterocycles. The minimum absolute atomic E-state index is 0.148. The van der Waals surface area contributed by atoms with Crippen LogP contribution in [-0.2, 0) is 10.0 Å². The van der Waals surface area contributed by atoms with Gasteiger partial charge in [0.25, 0.3) is 0 Å². The van der Waals surface area contributed by atoms with Crippen molar-refractivity contribution in [3.8, 4) is 0 Å². The minimum Gasteiger partial charge on any atom is -0.304 e. The summed E-state index contributed by atoms with van der Waals surface area (Å²) in [7, 11) is -1.58. The number of nitrogens with one attached hydrogen (secondary N) is 1. The van der Waals surface area contributed by atoms with E-state index in [1.807, 2.05) is 32.9 Å². The van der Waals surface area contributed by atoms with E-state index in [0.717, 1.165) is 48.4 Å². The zero-order valence-corrected chi connectivity index (χ0v) is 18.4. The molecule has 29 heavy (non-hydrogen) atoms. The van der Waals surface area contributed by atoms with Crippen molar-refractivity contribution in [2.45, 2.75) is 31.7 Å². The Balaban J connectivity index is 1.85. The van der Waals surface area contributed by atoms with Gasteiger partial charge in [0.05, 0.1) is 4.90 Å². The minimum atomic E-state index is -3.66. The maximum Gasteiger partial charge on any atom is 0.241 e. The van der Waals surface area contributed by atoms with Crippen LogP contribution in [0.3, 0.4) is 0 Å². The number of hydrogen-bond donors (Lipinski definition) is 1. The molecule has 7 heteroatoms. The van der Waals surface area contributed by atoms with Crippen molar-refractivity contribution in [2.75, 3.05) is 39.8 Å². The average molecular weight is 420 g/mol. The number of hydrogen-bond acceptors (Lipinski definition) is 4. The molecule has 0 spiro atoms. The number of piperazine rings is 1. The van der Waals surface area contributed by atoms with Gasteiger partial charge in [0.1, 0.15) is 5.82 Å². The molecule has 3 rings (SSSR count). The van der Waals surface area contributed by atoms with Crippen LogP contribution in [0.2, 0.25) is 0 Å². The van der Waals surface area contributed by atoms with Crippen molar-refractivity contribution in [3.63, 3.8) is 0 Å². The fourth-order valence-electron chi connectivity index (χ4n) is 4.13. The van der Waals surface area contributed by atoms with Crippen LogP contribution in [0.5, 0.6) is 0 Å². The highest BCUT2D eigenvalue weighted by molar-refractivity contribution is 7.89. The van der Waals surface area contributed by atoms with Crippen LogP contribution in [-0.4, -0.2) is 58.0 Å². The van der Waals surface area contributed by atoms with Gasteiger partial charge in [0.15, 0.2) is 0 Å². The molecule has 2 aromatic carbocycles. The fraction of sp³-hybridized carbons (Fsp3) is 0.455. The zero-order valence-electron chi connectivity index (χ0n) is 17.6. The summed E-state index contributed by atoms with van der Waals surface area (Å²) in [6.07, 6.45) is 0. The van der Waals surface area contributed by atoms with Crippen molar-refractivity contribution in [3.05, 3.63) is 64.5 Å². The first-order valence-electron chi connectivity index (χ1n) is 9.93. The molecule has 158 valence electrons. The molecule has 1 aliphatic heterocycles. The van der Waals surface area contributed by atoms with Crippen LogP contribution >= 0.6 is 0 Å². The molecule has 1 atom stereocenters. The van der Waals surface area contributed by atoms with Gasteiger partial charge in [-0.2, -0.15) is 0 Å². The lowest BCUT2D eigenvalue weighted by molar-refractivity contribution is 0.113. The normalized spacial score (nSPS) is 17.4. The molecule has 0 radical (unpaired) electrons. The molecule has 1 saturated heterocycles. The Morgan fingerprint density at radius 3 is 2.10 bits per heavy atom. The maximum absolute atomic E-state index is 13.4. The second-order valence-electron chi connectivity index (χ2n) is 7.99. The highest BCUT2D eigenvalue weighted by Crippen LogP contribution is 2.25. The van der Waals surface area contributed by atoms with Crippen molar-refractivity contribution >= 4 is 10.0 Å². The summed E-state index contributed by atoms with van der Waals surface area (Å²) in [5.41, 5.74) is 3.44. The summed E-state index contributed by atoms with van der Waals surface area (Å²) in [4.78, 5) is 4.87. The second kappa shape index (κ2) is 8.92. The highest BCUT2D eigenvalue weighted by Gasteiger charge is 2.27. The van der Waals surface area contributed by atoms with E-state index in [4.69, 9.17) is 0 Å². The zero-order chi connectivity index (χ0) is 21.2. The van der Waals surface area contributed by atoms with Crippen molar-refractivity contribution in [2.24, 2.45) is 0 Å². The Bertz CT molecular complexity index is 930. The van der Waals surface area contributed by atoms with E-state index in [0.29, 0.717) is 4.90 Å². The van der Waals surface area contributed by atoms with Crippen molar-refractivity contribution in [1.82, 2.24) is 14.5 Å². The summed E-state index contributed by atoms with van der Waals surface area (Å²) in [5.74, 6) is -0.294. The molecule has 0 aliphatic carbocycles. The number of halogens is 1. The van der Waals surface area contributed by atoms with Crippen LogP contribution in [0.25, 0.3) is 0 Å². The van der Waals surface area contributed by atoms with Crippen LogP contribution in [0.15, 0.2) is 41.3 Å². The first-order chi connectivity index (χ1) is 13.7. The van der Waals surface area contributed by atoms with E-state index < -0.39 is 10.0 Å². The smallest absolute Gasteiger partial charge is 0.241 e. The third-order valence-corrected chi connectivity index (χ3v) is 7.30. The summed E-state index contributed by atoms with van der Waals surface area (Å²) in [6, 6.07) is 9.98. The van der Waals surface area contributed by atoms with Crippen LogP contribution < -0.4 is 4.72 Å². The summed E-state index contributed by atoms with van der Waals surface area (Å²) in [6.45, 7) is 9.36. The molecule has 1 aliphatic rings. The SMILES string of the molecule is Cc1cc(C)c(S(=O)(=O)NCC(c2ccc(F)cc2)N2CCN(C)CC2)c(C)c1. The monoisotopic (exact) mass is 419 g/mol. The van der Waals surface area contributed by atoms with Crippen molar-refractivity contribution < 1.29 is 12.8 Å². The lowest BCUT2D eigenvalue weighted by Crippen LogP contribution is -2.48. The number of nitrogens with zero attached hydrogens (tertiary/aromatic N) is 2. The van der Waals surface area contributed by atoms with Crippen molar-refractivity contribution in [1.29, 1.82) is 0 Å². The van der Waals surface area contributed by atoms with Gasteiger partial charge in [-0.1, -0.05) is 29.8 Å². The van der Waals surface area contributed by atoms with Gasteiger partial charge >= 0.3 is 0 Å². The molecule has 1 unspecified atom stereocenters. The van der Waals surface area contributed by atoms with E-state index in [2.05, 4.69) is 21.6 Å². The van der Waals surface area contributed by atoms with Gasteiger partial charge in [-0.05, 0) is 56.6 Å². The van der Waals surface area contributed by atoms with Gasteiger partial charge in [-0.15, -0.1) is 0 Å². The number of aryl methyl sites for hydroxylation is 3.